The van der Waals surface area contributed by atoms with Crippen LogP contribution in [0.2, 0.25) is 5.02 Å². The fourth-order valence-electron chi connectivity index (χ4n) is 2.02. The van der Waals surface area contributed by atoms with Crippen molar-refractivity contribution in [2.24, 2.45) is 0 Å². The van der Waals surface area contributed by atoms with Crippen molar-refractivity contribution in [3.63, 3.8) is 0 Å². The lowest BCUT2D eigenvalue weighted by molar-refractivity contribution is 0.300. The predicted octanol–water partition coefficient (Wildman–Crippen LogP) is 4.04. The van der Waals surface area contributed by atoms with Gasteiger partial charge in [-0.15, -0.1) is 0 Å². The summed E-state index contributed by atoms with van der Waals surface area (Å²) in [6.07, 6.45) is 0. The molecule has 0 bridgehead atoms. The molecule has 0 amide bonds. The van der Waals surface area contributed by atoms with Gasteiger partial charge in [0, 0.05) is 22.8 Å². The van der Waals surface area contributed by atoms with Crippen LogP contribution in [0.5, 0.6) is 5.75 Å². The highest BCUT2D eigenvalue weighted by molar-refractivity contribution is 6.31. The van der Waals surface area contributed by atoms with Crippen LogP contribution in [0.4, 0.5) is 0 Å². The van der Waals surface area contributed by atoms with Gasteiger partial charge in [-0.2, -0.15) is 0 Å². The van der Waals surface area contributed by atoms with E-state index in [0.717, 1.165) is 39.8 Å². The van der Waals surface area contributed by atoms with Crippen LogP contribution in [0.25, 0.3) is 0 Å². The minimum Gasteiger partial charge on any atom is -0.487 e. The van der Waals surface area contributed by atoms with Gasteiger partial charge >= 0.3 is 0 Å². The van der Waals surface area contributed by atoms with E-state index in [4.69, 9.17) is 16.3 Å². The van der Waals surface area contributed by atoms with Gasteiger partial charge in [-0.3, -0.25) is 4.98 Å². The van der Waals surface area contributed by atoms with E-state index in [-0.39, 0.29) is 0 Å². The molecular formula is C17H21ClN2O. The molecule has 1 aromatic heterocycles. The number of benzene rings is 1. The predicted molar refractivity (Wildman–Crippen MR) is 86.9 cm³/mol. The highest BCUT2D eigenvalue weighted by Crippen LogP contribution is 2.22. The lowest BCUT2D eigenvalue weighted by Gasteiger charge is -2.13. The minimum absolute atomic E-state index is 0.447. The number of pyridine rings is 1. The Labute approximate surface area is 131 Å². The molecule has 0 unspecified atom stereocenters. The van der Waals surface area contributed by atoms with Crippen LogP contribution in [0.15, 0.2) is 30.3 Å². The molecule has 3 nitrogen and oxygen atoms in total. The third-order valence-electron chi connectivity index (χ3n) is 3.21. The second-order valence-electron chi connectivity index (χ2n) is 5.06. The maximum absolute atomic E-state index is 6.24. The van der Waals surface area contributed by atoms with Crippen LogP contribution in [-0.4, -0.2) is 11.5 Å². The van der Waals surface area contributed by atoms with Gasteiger partial charge in [0.1, 0.15) is 12.4 Å². The quantitative estimate of drug-likeness (QED) is 0.874. The molecule has 21 heavy (non-hydrogen) atoms. The van der Waals surface area contributed by atoms with Crippen molar-refractivity contribution in [2.75, 3.05) is 6.54 Å². The topological polar surface area (TPSA) is 34.2 Å². The molecule has 0 saturated carbocycles. The molecule has 0 radical (unpaired) electrons. The van der Waals surface area contributed by atoms with Gasteiger partial charge in [0.05, 0.1) is 5.69 Å². The smallest absolute Gasteiger partial charge is 0.142 e. The Hall–Kier alpha value is -1.58. The zero-order valence-electron chi connectivity index (χ0n) is 12.7. The summed E-state index contributed by atoms with van der Waals surface area (Å²) in [4.78, 5) is 4.54. The highest BCUT2D eigenvalue weighted by Gasteiger charge is 2.07. The van der Waals surface area contributed by atoms with Crippen molar-refractivity contribution in [1.82, 2.24) is 10.3 Å². The number of hydrogen-bond acceptors (Lipinski definition) is 3. The van der Waals surface area contributed by atoms with E-state index in [1.807, 2.05) is 44.2 Å². The van der Waals surface area contributed by atoms with Crippen LogP contribution in [0.3, 0.4) is 0 Å². The fraction of sp³-hybridized carbons (Fsp3) is 0.353. The lowest BCUT2D eigenvalue weighted by atomic mass is 10.1. The first kappa shape index (κ1) is 15.8. The molecule has 2 rings (SSSR count). The van der Waals surface area contributed by atoms with Crippen molar-refractivity contribution in [2.45, 2.75) is 33.9 Å². The molecule has 0 saturated heterocycles. The van der Waals surface area contributed by atoms with Crippen molar-refractivity contribution in [3.05, 3.63) is 57.9 Å². The van der Waals surface area contributed by atoms with E-state index in [1.54, 1.807) is 0 Å². The van der Waals surface area contributed by atoms with E-state index >= 15 is 0 Å². The molecule has 1 N–H and O–H groups in total. The maximum Gasteiger partial charge on any atom is 0.142 e. The van der Waals surface area contributed by atoms with E-state index in [9.17, 15) is 0 Å². The summed E-state index contributed by atoms with van der Waals surface area (Å²) in [5.74, 6) is 0.804. The van der Waals surface area contributed by atoms with Gasteiger partial charge in [-0.1, -0.05) is 30.7 Å². The highest BCUT2D eigenvalue weighted by atomic mass is 35.5. The number of halogens is 1. The van der Waals surface area contributed by atoms with Gasteiger partial charge in [0.25, 0.3) is 0 Å². The summed E-state index contributed by atoms with van der Waals surface area (Å²) in [7, 11) is 0. The first-order chi connectivity index (χ1) is 10.1. The summed E-state index contributed by atoms with van der Waals surface area (Å²) in [6.45, 7) is 8.13. The Morgan fingerprint density at radius 3 is 2.71 bits per heavy atom. The molecular weight excluding hydrogens is 284 g/mol. The number of nitrogens with zero attached hydrogens (tertiary/aromatic N) is 1. The maximum atomic E-state index is 6.24. The minimum atomic E-state index is 0.447. The average Bonchev–Trinajstić information content (AvgIpc) is 2.45. The SMILES string of the molecule is CCNCc1nc(C)ccc1OCc1ccc(C)cc1Cl. The molecule has 112 valence electrons. The number of nitrogens with one attached hydrogen (secondary N) is 1. The summed E-state index contributed by atoms with van der Waals surface area (Å²) in [5, 5.41) is 4.02. The van der Waals surface area contributed by atoms with Gasteiger partial charge in [-0.25, -0.2) is 0 Å². The zero-order chi connectivity index (χ0) is 15.2. The monoisotopic (exact) mass is 304 g/mol. The summed E-state index contributed by atoms with van der Waals surface area (Å²) in [6, 6.07) is 9.92. The van der Waals surface area contributed by atoms with E-state index in [2.05, 4.69) is 17.2 Å². The number of rotatable bonds is 6. The lowest BCUT2D eigenvalue weighted by Crippen LogP contribution is -2.14. The van der Waals surface area contributed by atoms with Crippen LogP contribution in [0, 0.1) is 13.8 Å². The molecule has 0 atom stereocenters. The Morgan fingerprint density at radius 2 is 2.00 bits per heavy atom. The van der Waals surface area contributed by atoms with Gasteiger partial charge in [0.2, 0.25) is 0 Å². The Balaban J connectivity index is 2.11. The number of hydrogen-bond donors (Lipinski definition) is 1. The summed E-state index contributed by atoms with van der Waals surface area (Å²) >= 11 is 6.24. The van der Waals surface area contributed by atoms with E-state index in [0.29, 0.717) is 13.2 Å². The molecule has 0 aliphatic carbocycles. The Kier molecular flexibility index (Phi) is 5.59. The first-order valence-electron chi connectivity index (χ1n) is 7.15. The summed E-state index contributed by atoms with van der Waals surface area (Å²) < 4.78 is 5.91. The van der Waals surface area contributed by atoms with Crippen molar-refractivity contribution in [1.29, 1.82) is 0 Å². The molecule has 0 aliphatic rings. The largest absolute Gasteiger partial charge is 0.487 e. The van der Waals surface area contributed by atoms with Crippen LogP contribution in [-0.2, 0) is 13.2 Å². The van der Waals surface area contributed by atoms with E-state index in [1.165, 1.54) is 0 Å². The fourth-order valence-corrected chi connectivity index (χ4v) is 2.31. The molecule has 1 aromatic carbocycles. The van der Waals surface area contributed by atoms with Crippen LogP contribution >= 0.6 is 11.6 Å². The third-order valence-corrected chi connectivity index (χ3v) is 3.56. The number of ether oxygens (including phenoxy) is 1. The van der Waals surface area contributed by atoms with Gasteiger partial charge < -0.3 is 10.1 Å². The molecule has 0 spiro atoms. The van der Waals surface area contributed by atoms with Crippen molar-refractivity contribution in [3.8, 4) is 5.75 Å². The third kappa shape index (κ3) is 4.45. The molecule has 1 heterocycles. The van der Waals surface area contributed by atoms with Crippen molar-refractivity contribution < 1.29 is 4.74 Å². The van der Waals surface area contributed by atoms with Gasteiger partial charge in [0.15, 0.2) is 0 Å². The summed E-state index contributed by atoms with van der Waals surface area (Å²) in [5.41, 5.74) is 4.05. The zero-order valence-corrected chi connectivity index (χ0v) is 13.5. The van der Waals surface area contributed by atoms with Crippen LogP contribution in [0.1, 0.15) is 29.4 Å². The number of aromatic nitrogens is 1. The molecule has 2 aromatic rings. The van der Waals surface area contributed by atoms with Crippen molar-refractivity contribution >= 4 is 11.6 Å². The van der Waals surface area contributed by atoms with Gasteiger partial charge in [-0.05, 0) is 44.2 Å². The number of aryl methyl sites for hydroxylation is 2. The average molecular weight is 305 g/mol. The van der Waals surface area contributed by atoms with E-state index < -0.39 is 0 Å². The second kappa shape index (κ2) is 7.43. The second-order valence-corrected chi connectivity index (χ2v) is 5.47. The standard InChI is InChI=1S/C17H21ClN2O/c1-4-19-10-16-17(8-6-13(3)20-16)21-11-14-7-5-12(2)9-15(14)18/h5-9,19H,4,10-11H2,1-3H3. The molecule has 0 aliphatic heterocycles. The molecule has 4 heteroatoms. The van der Waals surface area contributed by atoms with Crippen LogP contribution < -0.4 is 10.1 Å². The first-order valence-corrected chi connectivity index (χ1v) is 7.53. The Morgan fingerprint density at radius 1 is 1.19 bits per heavy atom. The Bertz CT molecular complexity index is 614. The normalized spacial score (nSPS) is 10.7. The molecule has 0 fully saturated rings.